The minimum Gasteiger partial charge on any atom is -0.454 e. The molecule has 0 aliphatic rings. The first-order valence-electron chi connectivity index (χ1n) is 10.2. The Hall–Kier alpha value is -3.79. The Morgan fingerprint density at radius 3 is 2.29 bits per heavy atom. The smallest absolute Gasteiger partial charge is 0.339 e. The van der Waals surface area contributed by atoms with Gasteiger partial charge in [0.2, 0.25) is 5.78 Å². The fourth-order valence-corrected chi connectivity index (χ4v) is 3.54. The van der Waals surface area contributed by atoms with Crippen molar-refractivity contribution in [3.05, 3.63) is 101 Å². The number of Topliss-reactive ketones (excluding diaryl/α,β-unsaturated/α-hetero) is 1. The lowest BCUT2D eigenvalue weighted by molar-refractivity contribution is 0.0476. The largest absolute Gasteiger partial charge is 0.454 e. The summed E-state index contributed by atoms with van der Waals surface area (Å²) in [6.45, 7) is 5.52. The molecule has 0 unspecified atom stereocenters. The molecule has 4 rings (SSSR count). The summed E-state index contributed by atoms with van der Waals surface area (Å²) in [5.74, 6) is -0.753. The predicted octanol–water partition coefficient (Wildman–Crippen LogP) is 5.87. The Morgan fingerprint density at radius 2 is 1.52 bits per heavy atom. The number of pyridine rings is 1. The molecule has 31 heavy (non-hydrogen) atoms. The molecule has 0 N–H and O–H groups in total. The molecule has 4 aromatic rings. The molecule has 1 aromatic heterocycles. The molecule has 0 spiro atoms. The van der Waals surface area contributed by atoms with Crippen LogP contribution in [-0.4, -0.2) is 23.3 Å². The van der Waals surface area contributed by atoms with Crippen LogP contribution in [0, 0.1) is 20.8 Å². The molecular formula is C27H23NO3. The summed E-state index contributed by atoms with van der Waals surface area (Å²) in [6, 6.07) is 22.8. The van der Waals surface area contributed by atoms with Gasteiger partial charge in [-0.1, -0.05) is 65.7 Å². The van der Waals surface area contributed by atoms with E-state index in [0.717, 1.165) is 22.3 Å². The summed E-state index contributed by atoms with van der Waals surface area (Å²) in [6.07, 6.45) is 0. The highest BCUT2D eigenvalue weighted by molar-refractivity contribution is 6.06. The molecular weight excluding hydrogens is 386 g/mol. The highest BCUT2D eigenvalue weighted by atomic mass is 16.5. The average molecular weight is 409 g/mol. The number of fused-ring (bicyclic) bond motifs is 1. The molecule has 0 aliphatic carbocycles. The summed E-state index contributed by atoms with van der Waals surface area (Å²) in [5, 5.41) is 0.697. The van der Waals surface area contributed by atoms with Gasteiger partial charge in [0.1, 0.15) is 0 Å². The molecule has 4 nitrogen and oxygen atoms in total. The van der Waals surface area contributed by atoms with Crippen molar-refractivity contribution in [2.45, 2.75) is 20.8 Å². The first-order chi connectivity index (χ1) is 14.9. The highest BCUT2D eigenvalue weighted by Gasteiger charge is 2.18. The first-order valence-corrected chi connectivity index (χ1v) is 10.2. The zero-order valence-corrected chi connectivity index (χ0v) is 17.8. The monoisotopic (exact) mass is 409 g/mol. The Bertz CT molecular complexity index is 1290. The Labute approximate surface area is 181 Å². The van der Waals surface area contributed by atoms with Crippen molar-refractivity contribution in [1.82, 2.24) is 4.98 Å². The van der Waals surface area contributed by atoms with Gasteiger partial charge in [-0.05, 0) is 44.5 Å². The van der Waals surface area contributed by atoms with Crippen LogP contribution in [0.2, 0.25) is 0 Å². The zero-order valence-electron chi connectivity index (χ0n) is 17.8. The molecule has 0 bridgehead atoms. The average Bonchev–Trinajstić information content (AvgIpc) is 2.78. The second-order valence-electron chi connectivity index (χ2n) is 7.76. The molecule has 154 valence electrons. The summed E-state index contributed by atoms with van der Waals surface area (Å²) in [4.78, 5) is 30.3. The molecule has 0 atom stereocenters. The van der Waals surface area contributed by atoms with Gasteiger partial charge in [-0.15, -0.1) is 0 Å². The van der Waals surface area contributed by atoms with Crippen molar-refractivity contribution < 1.29 is 14.3 Å². The minimum atomic E-state index is -0.536. The van der Waals surface area contributed by atoms with E-state index in [4.69, 9.17) is 9.72 Å². The van der Waals surface area contributed by atoms with Crippen molar-refractivity contribution in [2.24, 2.45) is 0 Å². The van der Waals surface area contributed by atoms with E-state index in [1.54, 1.807) is 6.07 Å². The summed E-state index contributed by atoms with van der Waals surface area (Å²) >= 11 is 0. The number of hydrogen-bond donors (Lipinski definition) is 0. The van der Waals surface area contributed by atoms with Crippen LogP contribution in [0.1, 0.15) is 37.4 Å². The number of esters is 1. The molecule has 0 radical (unpaired) electrons. The van der Waals surface area contributed by atoms with E-state index in [1.165, 1.54) is 0 Å². The number of rotatable bonds is 5. The second kappa shape index (κ2) is 8.52. The number of benzene rings is 3. The topological polar surface area (TPSA) is 56.3 Å². The lowest BCUT2D eigenvalue weighted by atomic mass is 10.0. The zero-order chi connectivity index (χ0) is 22.0. The van der Waals surface area contributed by atoms with Crippen molar-refractivity contribution >= 4 is 22.7 Å². The molecule has 0 aliphatic heterocycles. The number of ketones is 1. The number of carbonyl (C=O) groups is 2. The fraction of sp³-hybridized carbons (Fsp3) is 0.148. The Morgan fingerprint density at radius 1 is 0.806 bits per heavy atom. The van der Waals surface area contributed by atoms with Crippen LogP contribution in [0.4, 0.5) is 0 Å². The Kier molecular flexibility index (Phi) is 5.63. The van der Waals surface area contributed by atoms with Gasteiger partial charge in [-0.2, -0.15) is 0 Å². The summed E-state index contributed by atoms with van der Waals surface area (Å²) < 4.78 is 5.44. The number of carbonyl (C=O) groups excluding carboxylic acids is 2. The van der Waals surface area contributed by atoms with Gasteiger partial charge < -0.3 is 4.74 Å². The van der Waals surface area contributed by atoms with Gasteiger partial charge in [-0.3, -0.25) is 4.79 Å². The maximum atomic E-state index is 13.0. The number of nitrogens with zero attached hydrogens (tertiary/aromatic N) is 1. The maximum absolute atomic E-state index is 13.0. The van der Waals surface area contributed by atoms with Crippen LogP contribution in [0.15, 0.2) is 72.8 Å². The van der Waals surface area contributed by atoms with E-state index in [-0.39, 0.29) is 12.4 Å². The van der Waals surface area contributed by atoms with Crippen LogP contribution in [0.5, 0.6) is 0 Å². The van der Waals surface area contributed by atoms with Crippen LogP contribution in [-0.2, 0) is 4.74 Å². The van der Waals surface area contributed by atoms with Gasteiger partial charge in [0.05, 0.1) is 16.8 Å². The second-order valence-corrected chi connectivity index (χ2v) is 7.76. The Balaban J connectivity index is 1.64. The van der Waals surface area contributed by atoms with E-state index in [2.05, 4.69) is 0 Å². The minimum absolute atomic E-state index is 0.216. The molecule has 1 heterocycles. The number of para-hydroxylation sites is 1. The third kappa shape index (κ3) is 4.38. The van der Waals surface area contributed by atoms with Crippen LogP contribution < -0.4 is 0 Å². The van der Waals surface area contributed by atoms with Crippen LogP contribution in [0.3, 0.4) is 0 Å². The lowest BCUT2D eigenvalue weighted by Crippen LogP contribution is -2.16. The molecule has 0 saturated heterocycles. The normalized spacial score (nSPS) is 10.8. The predicted molar refractivity (Wildman–Crippen MR) is 122 cm³/mol. The van der Waals surface area contributed by atoms with Crippen LogP contribution in [0.25, 0.3) is 22.2 Å². The van der Waals surface area contributed by atoms with Crippen molar-refractivity contribution in [3.63, 3.8) is 0 Å². The third-order valence-electron chi connectivity index (χ3n) is 5.31. The standard InChI is InChI=1S/C27H23NO3/c1-17-9-12-20(13-10-17)25-15-23(21-6-4-5-7-24(21)28-25)27(30)31-16-26(29)22-14-18(2)8-11-19(22)3/h4-15H,16H2,1-3H3. The van der Waals surface area contributed by atoms with E-state index < -0.39 is 5.97 Å². The third-order valence-corrected chi connectivity index (χ3v) is 5.31. The molecule has 3 aromatic carbocycles. The van der Waals surface area contributed by atoms with E-state index in [0.29, 0.717) is 27.7 Å². The number of hydrogen-bond acceptors (Lipinski definition) is 4. The number of aromatic nitrogens is 1. The van der Waals surface area contributed by atoms with Gasteiger partial charge in [0.15, 0.2) is 6.61 Å². The first kappa shape index (κ1) is 20.5. The van der Waals surface area contributed by atoms with Gasteiger partial charge >= 0.3 is 5.97 Å². The van der Waals surface area contributed by atoms with E-state index in [1.807, 2.05) is 87.5 Å². The summed E-state index contributed by atoms with van der Waals surface area (Å²) in [7, 11) is 0. The molecule has 0 fully saturated rings. The van der Waals surface area contributed by atoms with Gasteiger partial charge in [0.25, 0.3) is 0 Å². The molecule has 4 heteroatoms. The van der Waals surface area contributed by atoms with Crippen LogP contribution >= 0.6 is 0 Å². The highest BCUT2D eigenvalue weighted by Crippen LogP contribution is 2.26. The van der Waals surface area contributed by atoms with Crippen molar-refractivity contribution in [3.8, 4) is 11.3 Å². The maximum Gasteiger partial charge on any atom is 0.339 e. The fourth-order valence-electron chi connectivity index (χ4n) is 3.54. The SMILES string of the molecule is Cc1ccc(-c2cc(C(=O)OCC(=O)c3cc(C)ccc3C)c3ccccc3n2)cc1. The van der Waals surface area contributed by atoms with E-state index in [9.17, 15) is 9.59 Å². The molecule has 0 saturated carbocycles. The van der Waals surface area contributed by atoms with Gasteiger partial charge in [-0.25, -0.2) is 9.78 Å². The number of ether oxygens (including phenoxy) is 1. The quantitative estimate of drug-likeness (QED) is 0.306. The summed E-state index contributed by atoms with van der Waals surface area (Å²) in [5.41, 5.74) is 6.28. The van der Waals surface area contributed by atoms with Crippen molar-refractivity contribution in [1.29, 1.82) is 0 Å². The lowest BCUT2D eigenvalue weighted by Gasteiger charge is -2.11. The molecule has 0 amide bonds. The van der Waals surface area contributed by atoms with Gasteiger partial charge in [0, 0.05) is 16.5 Å². The van der Waals surface area contributed by atoms with Crippen molar-refractivity contribution in [2.75, 3.05) is 6.61 Å². The number of aryl methyl sites for hydroxylation is 3. The van der Waals surface area contributed by atoms with E-state index >= 15 is 0 Å².